The van der Waals surface area contributed by atoms with Crippen molar-refractivity contribution in [1.82, 2.24) is 0 Å². The lowest BCUT2D eigenvalue weighted by atomic mass is 10.1. The van der Waals surface area contributed by atoms with E-state index >= 15 is 0 Å². The Balaban J connectivity index is 2.05. The Morgan fingerprint density at radius 2 is 1.70 bits per heavy atom. The maximum atomic E-state index is 12.9. The van der Waals surface area contributed by atoms with Crippen molar-refractivity contribution in [3.8, 4) is 5.75 Å². The third-order valence-corrected chi connectivity index (χ3v) is 5.51. The highest BCUT2D eigenvalue weighted by atomic mass is 127. The highest BCUT2D eigenvalue weighted by Crippen LogP contribution is 2.38. The van der Waals surface area contributed by atoms with Crippen LogP contribution in [0.5, 0.6) is 5.75 Å². The van der Waals surface area contributed by atoms with Crippen LogP contribution in [0.4, 0.5) is 10.5 Å². The molecule has 4 nitrogen and oxygen atoms in total. The smallest absolute Gasteiger partial charge is 0.415 e. The molecule has 3 aromatic rings. The van der Waals surface area contributed by atoms with Crippen molar-refractivity contribution in [3.05, 3.63) is 82.5 Å². The number of hydrogen-bond acceptors (Lipinski definition) is 3. The lowest BCUT2D eigenvalue weighted by molar-refractivity contribution is 0.0584. The van der Waals surface area contributed by atoms with Gasteiger partial charge in [-0.05, 0) is 48.9 Å². The Morgan fingerprint density at radius 1 is 1.07 bits per heavy atom. The first-order valence-electron chi connectivity index (χ1n) is 9.79. The van der Waals surface area contributed by atoms with Crippen LogP contribution in [0.15, 0.2) is 73.3 Å². The monoisotopic (exact) mass is 515 g/mol. The molecular formula is C25H26INO3. The van der Waals surface area contributed by atoms with Gasteiger partial charge in [-0.3, -0.25) is 4.90 Å². The van der Waals surface area contributed by atoms with E-state index in [-0.39, 0.29) is 0 Å². The zero-order valence-electron chi connectivity index (χ0n) is 17.5. The molecule has 0 spiro atoms. The molecule has 0 heterocycles. The number of amides is 1. The van der Waals surface area contributed by atoms with E-state index in [9.17, 15) is 4.79 Å². The summed E-state index contributed by atoms with van der Waals surface area (Å²) in [6, 6.07) is 20.0. The van der Waals surface area contributed by atoms with Gasteiger partial charge >= 0.3 is 6.09 Å². The van der Waals surface area contributed by atoms with Gasteiger partial charge in [0.15, 0.2) is 0 Å². The summed E-state index contributed by atoms with van der Waals surface area (Å²) in [5.74, 6) is 0.725. The molecule has 0 aromatic heterocycles. The van der Waals surface area contributed by atoms with E-state index in [4.69, 9.17) is 9.47 Å². The number of fused-ring (bicyclic) bond motifs is 1. The van der Waals surface area contributed by atoms with Gasteiger partial charge in [-0.15, -0.1) is 6.58 Å². The van der Waals surface area contributed by atoms with Crippen molar-refractivity contribution in [3.63, 3.8) is 0 Å². The number of halogens is 1. The summed E-state index contributed by atoms with van der Waals surface area (Å²) >= 11 is 2.28. The van der Waals surface area contributed by atoms with Crippen LogP contribution in [-0.2, 0) is 11.3 Å². The summed E-state index contributed by atoms with van der Waals surface area (Å²) in [5, 5.41) is 2.03. The molecule has 0 radical (unpaired) electrons. The highest BCUT2D eigenvalue weighted by molar-refractivity contribution is 14.1. The topological polar surface area (TPSA) is 38.8 Å². The standard InChI is InChI=1S/C25H26INO3/c1-5-15-27(24(28)30-25(2,3)4)21-16-22(29-17-18-11-7-6-8-12-18)19-13-9-10-14-20(19)23(21)26/h5-14,16H,1,15,17H2,2-4H3. The summed E-state index contributed by atoms with van der Waals surface area (Å²) in [7, 11) is 0. The molecule has 0 aliphatic rings. The molecule has 3 rings (SSSR count). The number of carbonyl (C=O) groups excluding carboxylic acids is 1. The number of anilines is 1. The molecular weight excluding hydrogens is 489 g/mol. The molecule has 0 aliphatic carbocycles. The maximum absolute atomic E-state index is 12.9. The van der Waals surface area contributed by atoms with Crippen molar-refractivity contribution in [1.29, 1.82) is 0 Å². The second kappa shape index (κ2) is 9.51. The Labute approximate surface area is 191 Å². The van der Waals surface area contributed by atoms with E-state index in [2.05, 4.69) is 29.2 Å². The van der Waals surface area contributed by atoms with Crippen LogP contribution < -0.4 is 9.64 Å². The number of nitrogens with zero attached hydrogens (tertiary/aromatic N) is 1. The van der Waals surface area contributed by atoms with Gasteiger partial charge in [0.05, 0.1) is 5.69 Å². The summed E-state index contributed by atoms with van der Waals surface area (Å²) in [6.45, 7) is 10.2. The Hall–Kier alpha value is -2.54. The number of hydrogen-bond donors (Lipinski definition) is 0. The number of ether oxygens (including phenoxy) is 2. The molecule has 0 unspecified atom stereocenters. The molecule has 0 aliphatic heterocycles. The van der Waals surface area contributed by atoms with Crippen LogP contribution in [0.2, 0.25) is 0 Å². The van der Waals surface area contributed by atoms with E-state index in [0.717, 1.165) is 31.3 Å². The summed E-state index contributed by atoms with van der Waals surface area (Å²) in [5.41, 5.74) is 1.23. The first kappa shape index (κ1) is 22.2. The molecule has 0 fully saturated rings. The second-order valence-electron chi connectivity index (χ2n) is 7.91. The molecule has 0 bridgehead atoms. The predicted octanol–water partition coefficient (Wildman–Crippen LogP) is 6.95. The van der Waals surface area contributed by atoms with E-state index < -0.39 is 11.7 Å². The van der Waals surface area contributed by atoms with E-state index in [0.29, 0.717) is 13.2 Å². The zero-order valence-corrected chi connectivity index (χ0v) is 19.7. The van der Waals surface area contributed by atoms with Gasteiger partial charge in [0, 0.05) is 27.0 Å². The number of rotatable bonds is 6. The van der Waals surface area contributed by atoms with Gasteiger partial charge in [-0.25, -0.2) is 4.79 Å². The van der Waals surface area contributed by atoms with Crippen LogP contribution >= 0.6 is 22.6 Å². The number of carbonyl (C=O) groups is 1. The Bertz CT molecular complexity index is 1040. The van der Waals surface area contributed by atoms with Crippen molar-refractivity contribution >= 4 is 45.1 Å². The van der Waals surface area contributed by atoms with Crippen molar-refractivity contribution in [2.24, 2.45) is 0 Å². The van der Waals surface area contributed by atoms with Gasteiger partial charge in [0.25, 0.3) is 0 Å². The van der Waals surface area contributed by atoms with Crippen LogP contribution in [0.3, 0.4) is 0 Å². The van der Waals surface area contributed by atoms with Crippen molar-refractivity contribution < 1.29 is 14.3 Å². The van der Waals surface area contributed by atoms with Crippen LogP contribution in [0, 0.1) is 3.57 Å². The zero-order chi connectivity index (χ0) is 21.7. The summed E-state index contributed by atoms with van der Waals surface area (Å²) in [4.78, 5) is 14.5. The molecule has 1 amide bonds. The average Bonchev–Trinajstić information content (AvgIpc) is 2.71. The normalized spacial score (nSPS) is 11.2. The minimum atomic E-state index is -0.592. The van der Waals surface area contributed by atoms with Crippen molar-refractivity contribution in [2.75, 3.05) is 11.4 Å². The van der Waals surface area contributed by atoms with Crippen LogP contribution in [0.1, 0.15) is 26.3 Å². The quantitative estimate of drug-likeness (QED) is 0.264. The Morgan fingerprint density at radius 3 is 2.33 bits per heavy atom. The maximum Gasteiger partial charge on any atom is 0.415 e. The first-order valence-corrected chi connectivity index (χ1v) is 10.9. The fourth-order valence-corrected chi connectivity index (χ4v) is 3.98. The molecule has 30 heavy (non-hydrogen) atoms. The molecule has 5 heteroatoms. The number of benzene rings is 3. The van der Waals surface area contributed by atoms with E-state index in [1.165, 1.54) is 0 Å². The molecule has 0 atom stereocenters. The van der Waals surface area contributed by atoms with Crippen LogP contribution in [0.25, 0.3) is 10.8 Å². The van der Waals surface area contributed by atoms with Crippen molar-refractivity contribution in [2.45, 2.75) is 33.0 Å². The second-order valence-corrected chi connectivity index (χ2v) is 8.99. The van der Waals surface area contributed by atoms with Gasteiger partial charge in [-0.1, -0.05) is 60.7 Å². The fraction of sp³-hybridized carbons (Fsp3) is 0.240. The third-order valence-electron chi connectivity index (χ3n) is 4.38. The van der Waals surface area contributed by atoms with Gasteiger partial charge in [-0.2, -0.15) is 0 Å². The molecule has 3 aromatic carbocycles. The molecule has 156 valence electrons. The summed E-state index contributed by atoms with van der Waals surface area (Å²) in [6.07, 6.45) is 1.28. The minimum Gasteiger partial charge on any atom is -0.488 e. The van der Waals surface area contributed by atoms with Gasteiger partial charge < -0.3 is 9.47 Å². The van der Waals surface area contributed by atoms with Gasteiger partial charge in [0.1, 0.15) is 18.0 Å². The van der Waals surface area contributed by atoms with Crippen LogP contribution in [-0.4, -0.2) is 18.2 Å². The Kier molecular flexibility index (Phi) is 7.02. The van der Waals surface area contributed by atoms with E-state index in [1.54, 1.807) is 11.0 Å². The fourth-order valence-electron chi connectivity index (χ4n) is 3.06. The lowest BCUT2D eigenvalue weighted by Gasteiger charge is -2.28. The largest absolute Gasteiger partial charge is 0.488 e. The SMILES string of the molecule is C=CCN(C(=O)OC(C)(C)C)c1cc(OCc2ccccc2)c2ccccc2c1I. The first-order chi connectivity index (χ1) is 14.3. The predicted molar refractivity (Wildman–Crippen MR) is 131 cm³/mol. The molecule has 0 saturated heterocycles. The van der Waals surface area contributed by atoms with Gasteiger partial charge in [0.2, 0.25) is 0 Å². The lowest BCUT2D eigenvalue weighted by Crippen LogP contribution is -2.37. The summed E-state index contributed by atoms with van der Waals surface area (Å²) < 4.78 is 12.8. The highest BCUT2D eigenvalue weighted by Gasteiger charge is 2.25. The average molecular weight is 515 g/mol. The minimum absolute atomic E-state index is 0.335. The molecule has 0 N–H and O–H groups in total. The molecule has 0 saturated carbocycles. The third kappa shape index (κ3) is 5.33. The van der Waals surface area contributed by atoms with E-state index in [1.807, 2.05) is 81.4 Å².